The van der Waals surface area contributed by atoms with Crippen LogP contribution in [-0.4, -0.2) is 221 Å². The fraction of sp³-hybridized carbons (Fsp3) is 0.728. The van der Waals surface area contributed by atoms with Crippen molar-refractivity contribution in [1.82, 2.24) is 0 Å². The van der Waals surface area contributed by atoms with Crippen molar-refractivity contribution in [1.29, 1.82) is 0 Å². The Kier molecular flexibility index (Phi) is 40.4. The van der Waals surface area contributed by atoms with Crippen molar-refractivity contribution in [3.63, 3.8) is 0 Å². The molecule has 28 atom stereocenters. The van der Waals surface area contributed by atoms with Gasteiger partial charge in [-0.05, 0) is 182 Å². The molecule has 0 aliphatic carbocycles. The van der Waals surface area contributed by atoms with Gasteiger partial charge in [0.1, 0.15) is 30.0 Å². The predicted octanol–water partition coefficient (Wildman–Crippen LogP) is 8.36. The maximum Gasteiger partial charge on any atom is 0.307 e. The summed E-state index contributed by atoms with van der Waals surface area (Å²) < 4.78 is 18.4. The van der Waals surface area contributed by atoms with Gasteiger partial charge in [0, 0.05) is 25.2 Å². The van der Waals surface area contributed by atoms with Crippen LogP contribution < -0.4 is 0 Å². The zero-order valence-electron chi connectivity index (χ0n) is 62.9. The fourth-order valence-electron chi connectivity index (χ4n) is 14.4. The molecule has 3 aliphatic rings. The number of hydrogen-bond acceptors (Lipinski definition) is 20. The second-order valence-electron chi connectivity index (χ2n) is 31.7. The highest BCUT2D eigenvalue weighted by atomic mass is 16.6. The Bertz CT molecular complexity index is 2760. The largest absolute Gasteiger partial charge is 0.481 e. The van der Waals surface area contributed by atoms with Crippen LogP contribution in [0.5, 0.6) is 0 Å². The summed E-state index contributed by atoms with van der Waals surface area (Å²) in [7, 11) is 0. The Morgan fingerprint density at radius 2 is 1.26 bits per heavy atom. The summed E-state index contributed by atoms with van der Waals surface area (Å²) in [5, 5.41) is 172. The number of ether oxygens (including phenoxy) is 3. The minimum absolute atomic E-state index is 0.00468. The van der Waals surface area contributed by atoms with E-state index in [1.807, 2.05) is 60.6 Å². The van der Waals surface area contributed by atoms with Crippen LogP contribution in [0.4, 0.5) is 0 Å². The number of allylic oxidation sites excluding steroid dienone is 1. The number of carboxylic acids is 1. The standard InChI is InChI=1S/C81H134O21/c1-45(21-24-65(87)70(92)36-49(5)29-47(3)31-61(84)22-25-66(88)73-44-76(95)81(16,102-73)75(94)42-54(10)53(9)39-62(85)43-58(14)82)32-71(93)80-79(99)78(98)74(101-80)37-51(7)30-55(11)64(86)20-18-17-19-60(83)40-57(13)72-26-23-63(100-72)41-56(12)67(89)33-52(8)35-69(91)59(15)68(90)34-48(4)27-46(2)28-50(6)38-77(96)97/h18,20,22-23,25-26,35,45-47,49,56-69,71-76,78-80,82-91,93-95,98-99H,4,6-7,9-11,17,19,21,24,27-34,36-44H2,1-3,5,8,12-16H3,(H,96,97)/b20-18-,25-22+,52-35-/t45-,46-,47+,49-,56-,57+,58-,59+,60-,61-,62+,63-,64+,65+,66+,67+,68+,69+,71-,72-,73+,74+,75-,76-,78-,79-,80+,81+/m0/s1. The van der Waals surface area contributed by atoms with E-state index in [9.17, 15) is 86.2 Å². The molecular weight excluding hydrogens is 1310 g/mol. The van der Waals surface area contributed by atoms with Gasteiger partial charge in [0.15, 0.2) is 5.78 Å². The summed E-state index contributed by atoms with van der Waals surface area (Å²) >= 11 is 0. The number of rotatable bonds is 52. The highest BCUT2D eigenvalue weighted by molar-refractivity contribution is 5.82. The van der Waals surface area contributed by atoms with E-state index >= 15 is 0 Å². The second kappa shape index (κ2) is 44.8. The lowest BCUT2D eigenvalue weighted by molar-refractivity contribution is -0.150. The van der Waals surface area contributed by atoms with Crippen LogP contribution in [0, 0.1) is 41.4 Å². The number of carbonyl (C=O) groups excluding carboxylic acids is 1. The monoisotopic (exact) mass is 1440 g/mol. The number of carbonyl (C=O) groups is 2. The van der Waals surface area contributed by atoms with Gasteiger partial charge in [0.2, 0.25) is 0 Å². The third-order valence-corrected chi connectivity index (χ3v) is 20.8. The molecule has 21 nitrogen and oxygen atoms in total. The Morgan fingerprint density at radius 3 is 1.91 bits per heavy atom. The molecule has 0 aromatic rings. The average Bonchev–Trinajstić information content (AvgIpc) is 1.64. The first-order chi connectivity index (χ1) is 47.5. The Hall–Kier alpha value is -4.18. The second-order valence-corrected chi connectivity index (χ2v) is 31.7. The molecule has 0 saturated carbocycles. The van der Waals surface area contributed by atoms with E-state index in [-0.39, 0.29) is 118 Å². The maximum absolute atomic E-state index is 13.1. The molecule has 0 amide bonds. The van der Waals surface area contributed by atoms with Gasteiger partial charge in [-0.25, -0.2) is 0 Å². The lowest BCUT2D eigenvalue weighted by Crippen LogP contribution is -2.48. The number of aliphatic carboxylic acids is 1. The third kappa shape index (κ3) is 32.5. The lowest BCUT2D eigenvalue weighted by Gasteiger charge is -2.34. The molecular formula is C81H134O21. The van der Waals surface area contributed by atoms with Crippen LogP contribution in [0.15, 0.2) is 121 Å². The first-order valence-corrected chi connectivity index (χ1v) is 37.2. The molecule has 2 fully saturated rings. The van der Waals surface area contributed by atoms with Crippen molar-refractivity contribution in [3.8, 4) is 0 Å². The van der Waals surface area contributed by atoms with Crippen molar-refractivity contribution in [2.75, 3.05) is 0 Å². The van der Waals surface area contributed by atoms with E-state index in [0.717, 1.165) is 11.1 Å². The van der Waals surface area contributed by atoms with Crippen LogP contribution >= 0.6 is 0 Å². The molecule has 102 heavy (non-hydrogen) atoms. The summed E-state index contributed by atoms with van der Waals surface area (Å²) in [6.45, 7) is 42.3. The number of ketones is 1. The average molecular weight is 1440 g/mol. The fourth-order valence-corrected chi connectivity index (χ4v) is 14.4. The van der Waals surface area contributed by atoms with E-state index in [1.165, 1.54) is 12.2 Å². The quantitative estimate of drug-likeness (QED) is 0.0201. The van der Waals surface area contributed by atoms with Crippen LogP contribution in [-0.2, 0) is 23.8 Å². The smallest absolute Gasteiger partial charge is 0.307 e. The van der Waals surface area contributed by atoms with Gasteiger partial charge >= 0.3 is 5.97 Å². The Morgan fingerprint density at radius 1 is 0.618 bits per heavy atom. The summed E-state index contributed by atoms with van der Waals surface area (Å²) in [4.78, 5) is 24.1. The van der Waals surface area contributed by atoms with Gasteiger partial charge in [0.25, 0.3) is 0 Å². The zero-order chi connectivity index (χ0) is 77.2. The van der Waals surface area contributed by atoms with Crippen LogP contribution in [0.25, 0.3) is 0 Å². The zero-order valence-corrected chi connectivity index (χ0v) is 62.9. The predicted molar refractivity (Wildman–Crippen MR) is 396 cm³/mol. The minimum atomic E-state index is -1.45. The summed E-state index contributed by atoms with van der Waals surface area (Å²) in [6, 6.07) is 0. The van der Waals surface area contributed by atoms with E-state index in [0.29, 0.717) is 98.5 Å². The molecule has 0 radical (unpaired) electrons. The van der Waals surface area contributed by atoms with Crippen LogP contribution in [0.2, 0.25) is 0 Å². The van der Waals surface area contributed by atoms with Gasteiger partial charge in [0.05, 0.1) is 104 Å². The molecule has 3 heterocycles. The van der Waals surface area contributed by atoms with E-state index in [2.05, 4.69) is 39.5 Å². The van der Waals surface area contributed by atoms with Crippen molar-refractivity contribution in [2.24, 2.45) is 41.4 Å². The molecule has 0 bridgehead atoms. The molecule has 2 saturated heterocycles. The molecule has 0 aromatic carbocycles. The highest BCUT2D eigenvalue weighted by Gasteiger charge is 2.51. The molecule has 3 aliphatic heterocycles. The number of aliphatic hydroxyl groups excluding tert-OH is 15. The van der Waals surface area contributed by atoms with Crippen LogP contribution in [0.1, 0.15) is 204 Å². The van der Waals surface area contributed by atoms with Crippen molar-refractivity contribution in [3.05, 3.63) is 121 Å². The summed E-state index contributed by atoms with van der Waals surface area (Å²) in [5.74, 6) is -2.13. The Labute approximate surface area is 608 Å². The Balaban J connectivity index is 1.32. The topological polar surface area (TPSA) is 386 Å². The SMILES string of the molecule is C=C(CC(=O)O)C[C@@H](C)CC(=C)C[C@@H](O)[C@@H](C)[C@H](O)/C=C(/C)C[C@@H](O)[C@@H](C)C[C@@H]1C=C[C@@H]([C@H](C)C[C@@H](O)CC/C=C\[C@@H](O)C(=C)CC(=C)C[C@H]2O[C@H]([C@@H](O)C[C@@H](C)CC[C@@H](O)C(=O)C[C@@H](C)C[C@@H](C)C[C@@H](O)/C=C/[C@@H](O)[C@H]3C[C@H](O)[C@@](C)([C@@H](O)CC(=C)C(=C)C[C@@H](O)C[C@H](C)O)O3)[C@@H](O)[C@H]2O)O1. The molecule has 584 valence electrons. The first kappa shape index (κ1) is 92.0. The van der Waals surface area contributed by atoms with Gasteiger partial charge in [-0.3, -0.25) is 9.59 Å². The maximum atomic E-state index is 13.1. The van der Waals surface area contributed by atoms with E-state index in [4.69, 9.17) is 19.3 Å². The van der Waals surface area contributed by atoms with Crippen molar-refractivity contribution in [2.45, 2.75) is 332 Å². The molecule has 21 heteroatoms. The van der Waals surface area contributed by atoms with Crippen molar-refractivity contribution >= 4 is 11.8 Å². The van der Waals surface area contributed by atoms with E-state index in [1.54, 1.807) is 39.0 Å². The molecule has 16 N–H and O–H groups in total. The van der Waals surface area contributed by atoms with Crippen LogP contribution in [0.3, 0.4) is 0 Å². The molecule has 0 spiro atoms. The molecule has 3 rings (SSSR count). The van der Waals surface area contributed by atoms with Gasteiger partial charge < -0.3 is 95.9 Å². The minimum Gasteiger partial charge on any atom is -0.481 e. The number of hydrogen-bond donors (Lipinski definition) is 16. The number of Topliss-reactive ketones (excluding diaryl/α,β-unsaturated/α-hetero) is 1. The summed E-state index contributed by atoms with van der Waals surface area (Å²) in [6.07, 6.45) is -0.750. The highest BCUT2D eigenvalue weighted by Crippen LogP contribution is 2.39. The van der Waals surface area contributed by atoms with Gasteiger partial charge in [-0.1, -0.05) is 153 Å². The van der Waals surface area contributed by atoms with Gasteiger partial charge in [-0.15, -0.1) is 0 Å². The number of aliphatic hydroxyl groups is 15. The summed E-state index contributed by atoms with van der Waals surface area (Å²) in [5.41, 5.74) is 2.77. The lowest BCUT2D eigenvalue weighted by atomic mass is 9.86. The third-order valence-electron chi connectivity index (χ3n) is 20.8. The van der Waals surface area contributed by atoms with Crippen molar-refractivity contribution < 1.29 is 106 Å². The van der Waals surface area contributed by atoms with E-state index < -0.39 is 127 Å². The normalized spacial score (nSPS) is 27.5. The molecule has 0 aromatic heterocycles. The first-order valence-electron chi connectivity index (χ1n) is 37.2. The van der Waals surface area contributed by atoms with Gasteiger partial charge in [-0.2, -0.15) is 0 Å². The number of carboxylic acid groups (broad SMARTS) is 1. The molecule has 0 unspecified atom stereocenters.